The number of halogens is 1. The molecule has 47 heavy (non-hydrogen) atoms. The largest absolute Gasteiger partial charge is 0.338 e. The molecule has 3 heterocycles. The molecule has 2 aromatic carbocycles. The average Bonchev–Trinajstić information content (AvgIpc) is 3.10. The zero-order chi connectivity index (χ0) is 33.1. The molecule has 0 bridgehead atoms. The van der Waals surface area contributed by atoms with Crippen molar-refractivity contribution in [2.75, 3.05) is 52.4 Å². The first kappa shape index (κ1) is 32.8. The average molecular weight is 646 g/mol. The van der Waals surface area contributed by atoms with Gasteiger partial charge in [-0.25, -0.2) is 9.49 Å². The Morgan fingerprint density at radius 2 is 1.62 bits per heavy atom. The van der Waals surface area contributed by atoms with Gasteiger partial charge in [-0.3, -0.25) is 24.1 Å². The van der Waals surface area contributed by atoms with Crippen LogP contribution in [0.4, 0.5) is 4.39 Å². The van der Waals surface area contributed by atoms with Gasteiger partial charge < -0.3 is 20.4 Å². The van der Waals surface area contributed by atoms with Crippen molar-refractivity contribution >= 4 is 28.5 Å². The number of benzene rings is 2. The van der Waals surface area contributed by atoms with Gasteiger partial charge in [0, 0.05) is 63.7 Å². The minimum absolute atomic E-state index is 0.0172. The quantitative estimate of drug-likeness (QED) is 0.403. The van der Waals surface area contributed by atoms with Gasteiger partial charge in [-0.05, 0) is 49.4 Å². The maximum atomic E-state index is 14.9. The van der Waals surface area contributed by atoms with Gasteiger partial charge in [-0.2, -0.15) is 5.10 Å². The Labute approximate surface area is 273 Å². The zero-order valence-electron chi connectivity index (χ0n) is 27.0. The highest BCUT2D eigenvalue weighted by molar-refractivity contribution is 5.95. The third-order valence-corrected chi connectivity index (χ3v) is 10.2. The van der Waals surface area contributed by atoms with Crippen LogP contribution < -0.4 is 11.3 Å². The maximum Gasteiger partial charge on any atom is 0.272 e. The van der Waals surface area contributed by atoms with Gasteiger partial charge in [0.2, 0.25) is 11.8 Å². The van der Waals surface area contributed by atoms with E-state index in [9.17, 15) is 23.6 Å². The lowest BCUT2D eigenvalue weighted by molar-refractivity contribution is -0.139. The van der Waals surface area contributed by atoms with E-state index in [-0.39, 0.29) is 41.4 Å². The molecule has 1 saturated carbocycles. The fourth-order valence-electron chi connectivity index (χ4n) is 7.28. The summed E-state index contributed by atoms with van der Waals surface area (Å²) in [5.74, 6) is -0.757. The molecule has 3 fully saturated rings. The summed E-state index contributed by atoms with van der Waals surface area (Å²) in [5, 5.41) is 7.95. The predicted molar refractivity (Wildman–Crippen MR) is 176 cm³/mol. The van der Waals surface area contributed by atoms with Crippen molar-refractivity contribution in [1.29, 1.82) is 0 Å². The fraction of sp³-hybridized carbons (Fsp3) is 0.514. The van der Waals surface area contributed by atoms with Gasteiger partial charge >= 0.3 is 0 Å². The highest BCUT2D eigenvalue weighted by atomic mass is 19.1. The maximum absolute atomic E-state index is 14.9. The second kappa shape index (κ2) is 14.3. The van der Waals surface area contributed by atoms with E-state index >= 15 is 0 Å². The van der Waals surface area contributed by atoms with Crippen molar-refractivity contribution in [1.82, 2.24) is 29.8 Å². The van der Waals surface area contributed by atoms with Crippen LogP contribution in [0.3, 0.4) is 0 Å². The molecular formula is C35H44FN7O4. The number of hydrogen-bond donors (Lipinski definition) is 2. The molecule has 3 aromatic rings. The van der Waals surface area contributed by atoms with Crippen LogP contribution in [0, 0.1) is 11.7 Å². The van der Waals surface area contributed by atoms with E-state index in [1.807, 2.05) is 24.0 Å². The predicted octanol–water partition coefficient (Wildman–Crippen LogP) is 2.38. The second-order valence-corrected chi connectivity index (χ2v) is 13.2. The van der Waals surface area contributed by atoms with E-state index in [0.717, 1.165) is 25.7 Å². The normalized spacial score (nSPS) is 20.4. The van der Waals surface area contributed by atoms with Crippen LogP contribution in [0.25, 0.3) is 10.8 Å². The van der Waals surface area contributed by atoms with Crippen LogP contribution in [0.1, 0.15) is 60.6 Å². The second-order valence-electron chi connectivity index (χ2n) is 13.2. The first-order chi connectivity index (χ1) is 22.7. The van der Waals surface area contributed by atoms with Gasteiger partial charge in [0.15, 0.2) is 0 Å². The molecule has 3 amide bonds. The highest BCUT2D eigenvalue weighted by Crippen LogP contribution is 2.27. The molecule has 11 nitrogen and oxygen atoms in total. The summed E-state index contributed by atoms with van der Waals surface area (Å²) in [4.78, 5) is 59.3. The smallest absolute Gasteiger partial charge is 0.272 e. The minimum Gasteiger partial charge on any atom is -0.338 e. The molecule has 1 aliphatic carbocycles. The number of carbonyl (C=O) groups excluding carboxylic acids is 3. The summed E-state index contributed by atoms with van der Waals surface area (Å²) in [6.07, 6.45) is 5.85. The van der Waals surface area contributed by atoms with Crippen molar-refractivity contribution in [3.63, 3.8) is 0 Å². The molecule has 3 N–H and O–H groups in total. The summed E-state index contributed by atoms with van der Waals surface area (Å²) in [6, 6.07) is 11.2. The summed E-state index contributed by atoms with van der Waals surface area (Å²) in [5.41, 5.74) is 7.41. The van der Waals surface area contributed by atoms with E-state index < -0.39 is 17.8 Å². The van der Waals surface area contributed by atoms with E-state index in [1.54, 1.807) is 34.1 Å². The van der Waals surface area contributed by atoms with Crippen LogP contribution in [0.2, 0.25) is 0 Å². The lowest BCUT2D eigenvalue weighted by atomic mass is 9.83. The van der Waals surface area contributed by atoms with Crippen LogP contribution in [0.15, 0.2) is 47.3 Å². The Balaban J connectivity index is 1.01. The number of fused-ring (bicyclic) bond motifs is 1. The van der Waals surface area contributed by atoms with E-state index in [2.05, 4.69) is 15.1 Å². The molecule has 250 valence electrons. The molecule has 3 aliphatic rings. The first-order valence-corrected chi connectivity index (χ1v) is 16.8. The molecule has 6 rings (SSSR count). The third kappa shape index (κ3) is 7.23. The van der Waals surface area contributed by atoms with Crippen molar-refractivity contribution in [2.24, 2.45) is 11.7 Å². The molecule has 0 unspecified atom stereocenters. The number of amides is 3. The number of nitrogens with zero attached hydrogens (tertiary/aromatic N) is 5. The van der Waals surface area contributed by atoms with Gasteiger partial charge in [0.25, 0.3) is 11.5 Å². The molecule has 2 atom stereocenters. The molecular weight excluding hydrogens is 601 g/mol. The number of nitrogens with two attached hydrogens (primary N) is 1. The number of nitrogens with one attached hydrogen (secondary N) is 1. The number of carbonyl (C=O) groups is 3. The van der Waals surface area contributed by atoms with Gasteiger partial charge in [0.05, 0.1) is 29.2 Å². The van der Waals surface area contributed by atoms with Crippen molar-refractivity contribution < 1.29 is 18.8 Å². The van der Waals surface area contributed by atoms with Crippen LogP contribution in [0.5, 0.6) is 0 Å². The Bertz CT molecular complexity index is 1680. The first-order valence-electron chi connectivity index (χ1n) is 16.8. The lowest BCUT2D eigenvalue weighted by Gasteiger charge is -2.42. The van der Waals surface area contributed by atoms with Gasteiger partial charge in [0.1, 0.15) is 5.82 Å². The fourth-order valence-corrected chi connectivity index (χ4v) is 7.28. The number of hydrogen-bond acceptors (Lipinski definition) is 7. The highest BCUT2D eigenvalue weighted by Gasteiger charge is 2.35. The third-order valence-electron chi connectivity index (χ3n) is 10.2. The number of piperazine rings is 2. The zero-order valence-corrected chi connectivity index (χ0v) is 27.0. The van der Waals surface area contributed by atoms with Crippen LogP contribution in [-0.2, 0) is 16.0 Å². The van der Waals surface area contributed by atoms with Crippen molar-refractivity contribution in [2.45, 2.75) is 57.5 Å². The van der Waals surface area contributed by atoms with Gasteiger partial charge in [-0.1, -0.05) is 43.5 Å². The van der Waals surface area contributed by atoms with Crippen LogP contribution in [-0.4, -0.2) is 112 Å². The Hall–Kier alpha value is -4.16. The topological polar surface area (TPSA) is 136 Å². The Morgan fingerprint density at radius 3 is 2.34 bits per heavy atom. The SMILES string of the molecule is C[C@@H]1CN(C(=O)[C@H](N)C2CCCCC2)CCN1CC(=O)N1CCN(C(=O)c2cc(Cc3n[nH]c(=O)c4ccccc34)ccc2F)CC1. The van der Waals surface area contributed by atoms with Crippen molar-refractivity contribution in [3.05, 3.63) is 75.5 Å². The molecule has 2 aliphatic heterocycles. The van der Waals surface area contributed by atoms with Crippen molar-refractivity contribution in [3.8, 4) is 0 Å². The lowest BCUT2D eigenvalue weighted by Crippen LogP contribution is -2.60. The molecule has 12 heteroatoms. The number of aromatic amines is 1. The summed E-state index contributed by atoms with van der Waals surface area (Å²) in [6.45, 7) is 5.32. The van der Waals surface area contributed by atoms with Gasteiger partial charge in [-0.15, -0.1) is 0 Å². The number of rotatable bonds is 7. The van der Waals surface area contributed by atoms with E-state index in [1.165, 1.54) is 12.5 Å². The van der Waals surface area contributed by atoms with Crippen LogP contribution >= 0.6 is 0 Å². The van der Waals surface area contributed by atoms with E-state index in [4.69, 9.17) is 5.73 Å². The standard InChI is InChI=1S/C35H44FN7O4/c1-23-21-43(35(47)32(37)25-7-3-2-4-8-25)18-17-42(23)22-31(44)40-13-15-41(16-14-40)34(46)28-19-24(11-12-29(28)36)20-30-26-9-5-6-10-27(26)33(45)39-38-30/h5-6,9-12,19,23,25,32H,2-4,7-8,13-18,20-22,37H2,1H3,(H,39,45)/t23-,32-/m1/s1. The monoisotopic (exact) mass is 645 g/mol. The van der Waals surface area contributed by atoms with E-state index in [0.29, 0.717) is 74.3 Å². The summed E-state index contributed by atoms with van der Waals surface area (Å²) < 4.78 is 14.9. The summed E-state index contributed by atoms with van der Waals surface area (Å²) >= 11 is 0. The molecule has 0 radical (unpaired) electrons. The number of aromatic nitrogens is 2. The summed E-state index contributed by atoms with van der Waals surface area (Å²) in [7, 11) is 0. The Morgan fingerprint density at radius 1 is 0.936 bits per heavy atom. The molecule has 0 spiro atoms. The Kier molecular flexibility index (Phi) is 9.97. The minimum atomic E-state index is -0.608. The molecule has 1 aromatic heterocycles. The number of H-pyrrole nitrogens is 1. The molecule has 2 saturated heterocycles.